The third-order valence-corrected chi connectivity index (χ3v) is 16.8. The van der Waals surface area contributed by atoms with Gasteiger partial charge in [0.25, 0.3) is 0 Å². The highest BCUT2D eigenvalue weighted by molar-refractivity contribution is 8.76. The summed E-state index contributed by atoms with van der Waals surface area (Å²) in [7, 11) is -6.22. The van der Waals surface area contributed by atoms with Gasteiger partial charge in [0.1, 0.15) is 12.1 Å². The van der Waals surface area contributed by atoms with Crippen LogP contribution in [-0.4, -0.2) is 205 Å². The molecule has 1 unspecified atom stereocenters. The number of phosphoric ester groups is 1. The Morgan fingerprint density at radius 3 is 2.01 bits per heavy atom. The second kappa shape index (κ2) is 42.2. The molecule has 2 aliphatic rings. The highest BCUT2D eigenvalue weighted by Crippen LogP contribution is 2.41. The van der Waals surface area contributed by atoms with Crippen molar-refractivity contribution in [2.24, 2.45) is 0 Å². The molecular formula is C51H93N11O20P2S2. The molecule has 0 spiro atoms. The number of ether oxygens (including phenoxy) is 5. The fourth-order valence-electron chi connectivity index (χ4n) is 8.17. The molecule has 13 N–H and O–H groups in total. The van der Waals surface area contributed by atoms with E-state index in [-0.39, 0.29) is 92.8 Å². The zero-order valence-corrected chi connectivity index (χ0v) is 53.4. The molecule has 35 heteroatoms. The number of nitrogens with one attached hydrogen (secondary N) is 9. The summed E-state index contributed by atoms with van der Waals surface area (Å²) in [5.41, 5.74) is 5.61. The molecule has 7 atom stereocenters. The van der Waals surface area contributed by atoms with Crippen LogP contribution >= 0.6 is 37.0 Å². The summed E-state index contributed by atoms with van der Waals surface area (Å²) in [6.45, 7) is 10.7. The molecular weight excluding hydrogens is 1210 g/mol. The monoisotopic (exact) mass is 1310 g/mol. The van der Waals surface area contributed by atoms with Crippen LogP contribution in [0.5, 0.6) is 0 Å². The first-order valence-corrected chi connectivity index (χ1v) is 35.0. The quantitative estimate of drug-likeness (QED) is 0.0140. The van der Waals surface area contributed by atoms with Crippen LogP contribution in [0.1, 0.15) is 122 Å². The summed E-state index contributed by atoms with van der Waals surface area (Å²) in [4.78, 5) is 120. The Kier molecular flexibility index (Phi) is 37.5. The molecule has 86 heavy (non-hydrogen) atoms. The topological polar surface area (TPSA) is 445 Å². The Hall–Kier alpha value is -3.86. The van der Waals surface area contributed by atoms with Crippen molar-refractivity contribution < 1.29 is 90.4 Å². The maximum atomic E-state index is 13.6. The molecule has 1 aromatic heterocycles. The highest BCUT2D eigenvalue weighted by Gasteiger charge is 2.36. The number of hydrogen-bond donors (Lipinski definition) is 13. The Labute approximate surface area is 510 Å². The largest absolute Gasteiger partial charge is 0.469 e. The summed E-state index contributed by atoms with van der Waals surface area (Å²) in [6, 6.07) is -0.779. The molecule has 494 valence electrons. The van der Waals surface area contributed by atoms with Gasteiger partial charge in [-0.05, 0) is 84.6 Å². The molecule has 31 nitrogen and oxygen atoms in total. The van der Waals surface area contributed by atoms with Crippen molar-refractivity contribution >= 4 is 72.6 Å². The van der Waals surface area contributed by atoms with Gasteiger partial charge in [0.05, 0.1) is 77.3 Å². The van der Waals surface area contributed by atoms with Crippen LogP contribution in [-0.2, 0) is 72.3 Å². The lowest BCUT2D eigenvalue weighted by Gasteiger charge is -2.27. The van der Waals surface area contributed by atoms with Gasteiger partial charge in [0, 0.05) is 88.0 Å². The van der Waals surface area contributed by atoms with Crippen molar-refractivity contribution in [3.8, 4) is 0 Å². The van der Waals surface area contributed by atoms with Gasteiger partial charge in [-0.25, -0.2) is 29.6 Å². The Morgan fingerprint density at radius 1 is 0.744 bits per heavy atom. The van der Waals surface area contributed by atoms with Crippen molar-refractivity contribution in [2.75, 3.05) is 104 Å². The van der Waals surface area contributed by atoms with Crippen LogP contribution < -0.4 is 53.8 Å². The minimum absolute atomic E-state index is 0.0157. The summed E-state index contributed by atoms with van der Waals surface area (Å²) >= 11 is 0. The molecule has 0 aliphatic carbocycles. The molecule has 0 aromatic carbocycles. The number of hydrazine groups is 1. The van der Waals surface area contributed by atoms with Gasteiger partial charge in [-0.1, -0.05) is 34.4 Å². The number of carbonyl (C=O) groups is 6. The Balaban J connectivity index is 1.32. The third kappa shape index (κ3) is 36.6. The highest BCUT2D eigenvalue weighted by atomic mass is 33.1. The van der Waals surface area contributed by atoms with E-state index < -0.39 is 58.3 Å². The predicted octanol–water partition coefficient (Wildman–Crippen LogP) is 0.620. The number of aliphatic hydroxyl groups is 1. The smallest absolute Gasteiger partial charge is 0.379 e. The van der Waals surface area contributed by atoms with E-state index in [4.69, 9.17) is 28.2 Å². The predicted molar refractivity (Wildman–Crippen MR) is 319 cm³/mol. The number of hydrogen-bond acceptors (Lipinski definition) is 22. The van der Waals surface area contributed by atoms with Crippen molar-refractivity contribution in [1.29, 1.82) is 0 Å². The van der Waals surface area contributed by atoms with Crippen LogP contribution in [0.15, 0.2) is 11.0 Å². The van der Waals surface area contributed by atoms with E-state index in [0.717, 1.165) is 39.3 Å². The molecule has 2 saturated heterocycles. The molecule has 0 radical (unpaired) electrons. The average Bonchev–Trinajstić information content (AvgIpc) is 2.31. The number of urea groups is 1. The lowest BCUT2D eigenvalue weighted by atomic mass is 10.0. The normalized spacial score (nSPS) is 17.5. The summed E-state index contributed by atoms with van der Waals surface area (Å²) in [6.07, 6.45) is 3.17. The van der Waals surface area contributed by atoms with Crippen LogP contribution in [0, 0.1) is 6.92 Å². The number of phosphoric acid groups is 1. The van der Waals surface area contributed by atoms with Gasteiger partial charge < -0.3 is 85.2 Å². The Bertz CT molecular complexity index is 2370. The number of nitrogens with zero attached hydrogens (tertiary/aromatic N) is 2. The second-order valence-electron chi connectivity index (χ2n) is 20.8. The molecule has 2 fully saturated rings. The van der Waals surface area contributed by atoms with E-state index in [1.807, 2.05) is 13.8 Å². The molecule has 3 heterocycles. The van der Waals surface area contributed by atoms with E-state index in [1.165, 1.54) is 27.8 Å². The molecule has 7 amide bonds. The maximum Gasteiger partial charge on any atom is 0.469 e. The minimum atomic E-state index is -5.09. The number of aliphatic hydroxyl groups excluding tert-OH is 1. The number of amides is 7. The van der Waals surface area contributed by atoms with Crippen molar-refractivity contribution in [2.45, 2.75) is 160 Å². The molecule has 0 bridgehead atoms. The van der Waals surface area contributed by atoms with Crippen LogP contribution in [0.25, 0.3) is 0 Å². The van der Waals surface area contributed by atoms with Crippen LogP contribution in [0.4, 0.5) is 4.79 Å². The fourth-order valence-corrected chi connectivity index (χ4v) is 11.1. The number of unbranched alkanes of at least 4 members (excludes halogenated alkanes) is 3. The maximum absolute atomic E-state index is 13.6. The van der Waals surface area contributed by atoms with E-state index in [0.29, 0.717) is 125 Å². The van der Waals surface area contributed by atoms with Crippen LogP contribution in [0.3, 0.4) is 0 Å². The van der Waals surface area contributed by atoms with Gasteiger partial charge >= 0.3 is 27.1 Å². The van der Waals surface area contributed by atoms with Gasteiger partial charge in [0.15, 0.2) is 0 Å². The lowest BCUT2D eigenvalue weighted by Crippen LogP contribution is -2.47. The van der Waals surface area contributed by atoms with Gasteiger partial charge in [-0.2, -0.15) is 4.98 Å². The van der Waals surface area contributed by atoms with E-state index in [1.54, 1.807) is 6.92 Å². The first-order chi connectivity index (χ1) is 40.8. The summed E-state index contributed by atoms with van der Waals surface area (Å²) in [5.74, 6) is 0.0309. The summed E-state index contributed by atoms with van der Waals surface area (Å²) in [5, 5.41) is 30.9. The SMILES string of the molecule is Cc1nc(=O)n([C@@H](O)O[C@H](COP(C)(=O)O)[C@@H](C)OP(=O)(O)O)cc1CCCNC(=O)[C@H](CCCCNC(=O)CCOCCOCCOCCOCCNC(=O)CCCCC[C@H]1NC(=O)N[C@H]1C)NC(=O)CCSSCCNC(=O)CCC1(C)NN1. The molecule has 0 saturated carbocycles. The second-order valence-corrected chi connectivity index (χ2v) is 26.5. The number of aromatic nitrogens is 2. The number of carbonyl (C=O) groups excluding carboxylic acids is 6. The van der Waals surface area contributed by atoms with E-state index in [2.05, 4.69) is 57.6 Å². The molecule has 1 aromatic rings. The summed E-state index contributed by atoms with van der Waals surface area (Å²) < 4.78 is 60.9. The molecule has 3 rings (SSSR count). The van der Waals surface area contributed by atoms with Crippen LogP contribution in [0.2, 0.25) is 0 Å². The zero-order chi connectivity index (χ0) is 63.4. The average molecular weight is 1310 g/mol. The standard InChI is InChI=1S/C51H93N11O20P2S2/c1-36-39(34-62(49(69)57-36)50(70)81-42(35-80-83(5,71)72)38(3)82-84(73,74)75)12-11-21-55-47(67)41(58-46(66)18-32-85-86-33-23-54-44(64)16-19-51(4)60-61-51)14-9-10-20-52-45(65)17-24-76-26-28-78-30-31-79-29-27-77-25-22-53-43(63)15-8-6-7-13-40-37(2)56-48(68)59-40/h34,37-38,40-42,50,60-61,70H,6-33,35H2,1-5H3,(H,52,65)(H,53,63)(H,54,64)(H,55,67)(H,58,66)(H,71,72)(H2,56,59,68)(H2,73,74,75)/t37-,38+,40+,41-,42+,50-/m0/s1. The zero-order valence-electron chi connectivity index (χ0n) is 50.0. The fraction of sp³-hybridized carbons (Fsp3) is 0.804. The van der Waals surface area contributed by atoms with Crippen molar-refractivity contribution in [3.63, 3.8) is 0 Å². The van der Waals surface area contributed by atoms with Gasteiger partial charge in [-0.15, -0.1) is 0 Å². The third-order valence-electron chi connectivity index (χ3n) is 13.2. The Morgan fingerprint density at radius 2 is 1.36 bits per heavy atom. The van der Waals surface area contributed by atoms with Gasteiger partial charge in [-0.3, -0.25) is 33.1 Å². The number of aryl methyl sites for hydroxylation is 2. The first-order valence-electron chi connectivity index (χ1n) is 29.0. The lowest BCUT2D eigenvalue weighted by molar-refractivity contribution is -0.210. The van der Waals surface area contributed by atoms with E-state index >= 15 is 0 Å². The van der Waals surface area contributed by atoms with Gasteiger partial charge in [0.2, 0.25) is 35.9 Å². The first kappa shape index (κ1) is 76.4. The molecule has 2 aliphatic heterocycles. The van der Waals surface area contributed by atoms with E-state index in [9.17, 15) is 62.5 Å². The van der Waals surface area contributed by atoms with Crippen molar-refractivity contribution in [1.82, 2.24) is 57.6 Å². The minimum Gasteiger partial charge on any atom is -0.379 e. The van der Waals surface area contributed by atoms with Crippen molar-refractivity contribution in [3.05, 3.63) is 27.9 Å². The number of rotatable bonds is 51.